The van der Waals surface area contributed by atoms with Crippen LogP contribution in [0.3, 0.4) is 0 Å². The highest BCUT2D eigenvalue weighted by Gasteiger charge is 2.15. The second kappa shape index (κ2) is 5.66. The van der Waals surface area contributed by atoms with Gasteiger partial charge in [-0.3, -0.25) is 0 Å². The first kappa shape index (κ1) is 13.2. The first-order valence-electron chi connectivity index (χ1n) is 6.62. The number of phenols is 2. The van der Waals surface area contributed by atoms with Gasteiger partial charge in [-0.05, 0) is 24.1 Å². The van der Waals surface area contributed by atoms with Crippen molar-refractivity contribution in [3.63, 3.8) is 0 Å². The van der Waals surface area contributed by atoms with Crippen LogP contribution in [0.2, 0.25) is 0 Å². The molecule has 3 rings (SSSR count). The van der Waals surface area contributed by atoms with Crippen LogP contribution in [0.25, 0.3) is 11.5 Å². The summed E-state index contributed by atoms with van der Waals surface area (Å²) in [4.78, 5) is 4.25. The van der Waals surface area contributed by atoms with E-state index in [-0.39, 0.29) is 17.4 Å². The van der Waals surface area contributed by atoms with E-state index in [1.165, 1.54) is 11.6 Å². The smallest absolute Gasteiger partial charge is 0.261 e. The third-order valence-corrected chi connectivity index (χ3v) is 3.19. The maximum Gasteiger partial charge on any atom is 0.261 e. The SMILES string of the molecule is Oc1cccc(-c2nc(CCc3ccccc3)no2)c1O. The minimum absolute atomic E-state index is 0.200. The van der Waals surface area contributed by atoms with Gasteiger partial charge in [0.1, 0.15) is 0 Å². The number of para-hydroxylation sites is 1. The van der Waals surface area contributed by atoms with Crippen LogP contribution in [0.4, 0.5) is 0 Å². The van der Waals surface area contributed by atoms with E-state index in [1.54, 1.807) is 12.1 Å². The Morgan fingerprint density at radius 2 is 1.71 bits per heavy atom. The van der Waals surface area contributed by atoms with Gasteiger partial charge in [0, 0.05) is 6.42 Å². The molecular weight excluding hydrogens is 268 g/mol. The van der Waals surface area contributed by atoms with E-state index in [0.29, 0.717) is 17.8 Å². The molecule has 0 bridgehead atoms. The zero-order valence-electron chi connectivity index (χ0n) is 11.2. The number of aromatic nitrogens is 2. The van der Waals surface area contributed by atoms with E-state index in [2.05, 4.69) is 10.1 Å². The number of aryl methyl sites for hydroxylation is 2. The fraction of sp³-hybridized carbons (Fsp3) is 0.125. The van der Waals surface area contributed by atoms with Crippen LogP contribution in [0, 0.1) is 0 Å². The standard InChI is InChI=1S/C16H14N2O3/c19-13-8-4-7-12(15(13)20)16-17-14(18-21-16)10-9-11-5-2-1-3-6-11/h1-8,19-20H,9-10H2. The van der Waals surface area contributed by atoms with E-state index < -0.39 is 0 Å². The van der Waals surface area contributed by atoms with Crippen molar-refractivity contribution in [3.05, 3.63) is 59.9 Å². The van der Waals surface area contributed by atoms with Crippen molar-refractivity contribution in [3.8, 4) is 23.0 Å². The summed E-state index contributed by atoms with van der Waals surface area (Å²) >= 11 is 0. The van der Waals surface area contributed by atoms with Crippen molar-refractivity contribution in [2.45, 2.75) is 12.8 Å². The molecule has 5 nitrogen and oxygen atoms in total. The summed E-state index contributed by atoms with van der Waals surface area (Å²) in [5, 5.41) is 23.2. The monoisotopic (exact) mass is 282 g/mol. The van der Waals surface area contributed by atoms with Crippen molar-refractivity contribution >= 4 is 0 Å². The highest BCUT2D eigenvalue weighted by Crippen LogP contribution is 2.35. The Kier molecular flexibility index (Phi) is 3.55. The van der Waals surface area contributed by atoms with Crippen LogP contribution in [-0.2, 0) is 12.8 Å². The first-order valence-corrected chi connectivity index (χ1v) is 6.62. The third kappa shape index (κ3) is 2.86. The Hall–Kier alpha value is -2.82. The molecule has 0 unspecified atom stereocenters. The van der Waals surface area contributed by atoms with Gasteiger partial charge in [0.2, 0.25) is 0 Å². The lowest BCUT2D eigenvalue weighted by Crippen LogP contribution is -1.93. The van der Waals surface area contributed by atoms with E-state index >= 15 is 0 Å². The van der Waals surface area contributed by atoms with Gasteiger partial charge >= 0.3 is 0 Å². The molecule has 1 aromatic heterocycles. The molecule has 0 aliphatic rings. The van der Waals surface area contributed by atoms with Crippen LogP contribution in [0.5, 0.6) is 11.5 Å². The lowest BCUT2D eigenvalue weighted by Gasteiger charge is -2.00. The zero-order chi connectivity index (χ0) is 14.7. The predicted molar refractivity (Wildman–Crippen MR) is 76.9 cm³/mol. The van der Waals surface area contributed by atoms with E-state index in [9.17, 15) is 10.2 Å². The lowest BCUT2D eigenvalue weighted by atomic mass is 10.1. The van der Waals surface area contributed by atoms with E-state index in [4.69, 9.17) is 4.52 Å². The molecule has 1 heterocycles. The number of rotatable bonds is 4. The lowest BCUT2D eigenvalue weighted by molar-refractivity contribution is 0.396. The van der Waals surface area contributed by atoms with Gasteiger partial charge in [-0.2, -0.15) is 4.98 Å². The van der Waals surface area contributed by atoms with Crippen LogP contribution in [-0.4, -0.2) is 20.4 Å². The van der Waals surface area contributed by atoms with Crippen molar-refractivity contribution in [2.24, 2.45) is 0 Å². The van der Waals surface area contributed by atoms with E-state index in [1.807, 2.05) is 30.3 Å². The van der Waals surface area contributed by atoms with Crippen molar-refractivity contribution in [1.29, 1.82) is 0 Å². The minimum atomic E-state index is -0.254. The highest BCUT2D eigenvalue weighted by atomic mass is 16.5. The number of phenolic OH excluding ortho intramolecular Hbond substituents is 2. The molecule has 0 atom stereocenters. The number of aromatic hydroxyl groups is 2. The van der Waals surface area contributed by atoms with Crippen LogP contribution in [0.1, 0.15) is 11.4 Å². The second-order valence-electron chi connectivity index (χ2n) is 4.67. The molecule has 0 saturated carbocycles. The predicted octanol–water partition coefficient (Wildman–Crippen LogP) is 2.93. The van der Waals surface area contributed by atoms with Crippen molar-refractivity contribution in [2.75, 3.05) is 0 Å². The summed E-state index contributed by atoms with van der Waals surface area (Å²) in [6, 6.07) is 14.7. The van der Waals surface area contributed by atoms with Crippen LogP contribution in [0.15, 0.2) is 53.1 Å². The summed E-state index contributed by atoms with van der Waals surface area (Å²) in [6.07, 6.45) is 1.46. The second-order valence-corrected chi connectivity index (χ2v) is 4.67. The van der Waals surface area contributed by atoms with Gasteiger partial charge < -0.3 is 14.7 Å². The Morgan fingerprint density at radius 3 is 2.52 bits per heavy atom. The Morgan fingerprint density at radius 1 is 0.905 bits per heavy atom. The third-order valence-electron chi connectivity index (χ3n) is 3.19. The Balaban J connectivity index is 1.76. The molecule has 5 heteroatoms. The molecule has 106 valence electrons. The summed E-state index contributed by atoms with van der Waals surface area (Å²) in [5.74, 6) is 0.301. The van der Waals surface area contributed by atoms with Gasteiger partial charge in [0.05, 0.1) is 5.56 Å². The topological polar surface area (TPSA) is 79.4 Å². The quantitative estimate of drug-likeness (QED) is 0.719. The number of nitrogens with zero attached hydrogens (tertiary/aromatic N) is 2. The Bertz CT molecular complexity index is 738. The number of hydrogen-bond donors (Lipinski definition) is 2. The molecule has 0 aliphatic heterocycles. The van der Waals surface area contributed by atoms with Gasteiger partial charge in [0.25, 0.3) is 5.89 Å². The summed E-state index contributed by atoms with van der Waals surface area (Å²) < 4.78 is 5.14. The average Bonchev–Trinajstić information content (AvgIpc) is 2.98. The Labute approximate surface area is 121 Å². The van der Waals surface area contributed by atoms with E-state index in [0.717, 1.165) is 6.42 Å². The summed E-state index contributed by atoms with van der Waals surface area (Å²) in [7, 11) is 0. The molecule has 0 saturated heterocycles. The molecule has 0 radical (unpaired) electrons. The summed E-state index contributed by atoms with van der Waals surface area (Å²) in [5.41, 5.74) is 1.53. The molecule has 2 aromatic carbocycles. The van der Waals surface area contributed by atoms with Crippen molar-refractivity contribution in [1.82, 2.24) is 10.1 Å². The van der Waals surface area contributed by atoms with Gasteiger partial charge in [-0.1, -0.05) is 41.6 Å². The first-order chi connectivity index (χ1) is 10.2. The van der Waals surface area contributed by atoms with Crippen LogP contribution >= 0.6 is 0 Å². The molecule has 0 fully saturated rings. The maximum atomic E-state index is 9.79. The molecule has 21 heavy (non-hydrogen) atoms. The number of benzene rings is 2. The molecular formula is C16H14N2O3. The highest BCUT2D eigenvalue weighted by molar-refractivity contribution is 5.66. The van der Waals surface area contributed by atoms with Gasteiger partial charge in [-0.15, -0.1) is 0 Å². The fourth-order valence-corrected chi connectivity index (χ4v) is 2.07. The maximum absolute atomic E-state index is 9.79. The summed E-state index contributed by atoms with van der Waals surface area (Å²) in [6.45, 7) is 0. The largest absolute Gasteiger partial charge is 0.504 e. The molecule has 0 spiro atoms. The van der Waals surface area contributed by atoms with Gasteiger partial charge in [-0.25, -0.2) is 0 Å². The molecule has 0 amide bonds. The van der Waals surface area contributed by atoms with Crippen LogP contribution < -0.4 is 0 Å². The fourth-order valence-electron chi connectivity index (χ4n) is 2.07. The van der Waals surface area contributed by atoms with Crippen molar-refractivity contribution < 1.29 is 14.7 Å². The molecule has 2 N–H and O–H groups in total. The average molecular weight is 282 g/mol. The minimum Gasteiger partial charge on any atom is -0.504 e. The zero-order valence-corrected chi connectivity index (χ0v) is 11.2. The molecule has 3 aromatic rings. The normalized spacial score (nSPS) is 10.7. The van der Waals surface area contributed by atoms with Gasteiger partial charge in [0.15, 0.2) is 17.3 Å². The number of hydrogen-bond acceptors (Lipinski definition) is 5. The molecule has 0 aliphatic carbocycles.